The monoisotopic (exact) mass is 415 g/mol. The van der Waals surface area contributed by atoms with Gasteiger partial charge in [-0.1, -0.05) is 48.8 Å². The highest BCUT2D eigenvalue weighted by atomic mass is 79.9. The average Bonchev–Trinajstić information content (AvgIpc) is 3.24. The molecule has 2 aliphatic heterocycles. The molecule has 0 saturated carbocycles. The van der Waals surface area contributed by atoms with Gasteiger partial charge in [0.25, 0.3) is 0 Å². The van der Waals surface area contributed by atoms with E-state index in [0.29, 0.717) is 24.8 Å². The van der Waals surface area contributed by atoms with Crippen molar-refractivity contribution in [3.8, 4) is 11.4 Å². The zero-order chi connectivity index (χ0) is 18.4. The molecule has 0 radical (unpaired) electrons. The van der Waals surface area contributed by atoms with E-state index in [2.05, 4.69) is 41.7 Å². The molecule has 3 heterocycles. The third-order valence-electron chi connectivity index (χ3n) is 4.87. The van der Waals surface area contributed by atoms with Crippen LogP contribution in [0.5, 0.6) is 0 Å². The molecular weight excluding hydrogens is 394 g/mol. The van der Waals surface area contributed by atoms with Crippen LogP contribution < -0.4 is 4.90 Å². The van der Waals surface area contributed by atoms with Crippen LogP contribution in [-0.4, -0.2) is 45.9 Å². The summed E-state index contributed by atoms with van der Waals surface area (Å²) in [5.74, 6) is 2.56. The van der Waals surface area contributed by atoms with Gasteiger partial charge in [0.2, 0.25) is 0 Å². The Balaban J connectivity index is 1.82. The van der Waals surface area contributed by atoms with Crippen molar-refractivity contribution in [1.82, 2.24) is 14.9 Å². The Bertz CT molecular complexity index is 871. The number of benzene rings is 1. The van der Waals surface area contributed by atoms with Crippen LogP contribution in [0, 0.1) is 5.92 Å². The molecule has 2 aromatic rings. The summed E-state index contributed by atoms with van der Waals surface area (Å²) in [5, 5.41) is 0. The molecule has 136 valence electrons. The minimum Gasteiger partial charge on any atom is -0.334 e. The molecule has 2 aliphatic rings. The molecule has 7 heteroatoms. The molecule has 0 bridgehead atoms. The number of carbonyl (C=O) groups is 1. The van der Waals surface area contributed by atoms with Crippen LogP contribution in [-0.2, 0) is 0 Å². The number of urea groups is 1. The lowest BCUT2D eigenvalue weighted by Crippen LogP contribution is -2.50. The maximum atomic E-state index is 13.0. The fraction of sp³-hybridized carbons (Fsp3) is 0.421. The molecule has 1 N–H and O–H groups in total. The summed E-state index contributed by atoms with van der Waals surface area (Å²) < 4.78 is 1.02. The predicted octanol–water partition coefficient (Wildman–Crippen LogP) is 4.28. The molecule has 0 fully saturated rings. The number of aliphatic imine (C=N–C) groups is 1. The van der Waals surface area contributed by atoms with Crippen molar-refractivity contribution in [2.75, 3.05) is 18.0 Å². The third kappa shape index (κ3) is 2.74. The van der Waals surface area contributed by atoms with E-state index in [9.17, 15) is 4.79 Å². The Morgan fingerprint density at radius 3 is 2.69 bits per heavy atom. The summed E-state index contributed by atoms with van der Waals surface area (Å²) in [6.07, 6.45) is 0.875. The number of amides is 2. The first-order chi connectivity index (χ1) is 12.5. The second-order valence-corrected chi connectivity index (χ2v) is 8.02. The van der Waals surface area contributed by atoms with Crippen LogP contribution in [0.3, 0.4) is 0 Å². The van der Waals surface area contributed by atoms with Gasteiger partial charge in [-0.3, -0.25) is 14.8 Å². The van der Waals surface area contributed by atoms with Gasteiger partial charge in [-0.2, -0.15) is 0 Å². The number of H-pyrrole nitrogens is 1. The van der Waals surface area contributed by atoms with Gasteiger partial charge in [-0.25, -0.2) is 9.78 Å². The van der Waals surface area contributed by atoms with Gasteiger partial charge in [0.05, 0.1) is 12.6 Å². The topological polar surface area (TPSA) is 64.6 Å². The molecule has 1 aromatic carbocycles. The number of halogens is 1. The molecule has 26 heavy (non-hydrogen) atoms. The van der Waals surface area contributed by atoms with E-state index >= 15 is 0 Å². The van der Waals surface area contributed by atoms with E-state index in [1.165, 1.54) is 0 Å². The third-order valence-corrected chi connectivity index (χ3v) is 5.40. The standard InChI is InChI=1S/C19H22BrN5O/c1-4-9-24-18-15(17-21-14(11(2)3)10-25(17)19(24)26)22-16(23-18)12-5-7-13(20)8-6-12/h5-8,11,14H,4,9-10H2,1-3H3,(H,22,23)/t14-/m1/s1. The molecular formula is C19H22BrN5O. The van der Waals surface area contributed by atoms with E-state index in [4.69, 9.17) is 9.98 Å². The van der Waals surface area contributed by atoms with E-state index in [1.54, 1.807) is 9.80 Å². The second kappa shape index (κ2) is 6.54. The van der Waals surface area contributed by atoms with Gasteiger partial charge < -0.3 is 4.98 Å². The van der Waals surface area contributed by atoms with Crippen molar-refractivity contribution in [3.05, 3.63) is 34.4 Å². The fourth-order valence-corrected chi connectivity index (χ4v) is 3.65. The highest BCUT2D eigenvalue weighted by Gasteiger charge is 2.42. The Morgan fingerprint density at radius 1 is 1.31 bits per heavy atom. The smallest absolute Gasteiger partial charge is 0.331 e. The Labute approximate surface area is 161 Å². The van der Waals surface area contributed by atoms with Crippen LogP contribution in [0.15, 0.2) is 33.7 Å². The zero-order valence-corrected chi connectivity index (χ0v) is 16.7. The van der Waals surface area contributed by atoms with Crippen molar-refractivity contribution >= 4 is 33.6 Å². The molecule has 0 aliphatic carbocycles. The number of anilines is 1. The van der Waals surface area contributed by atoms with Crippen molar-refractivity contribution in [3.63, 3.8) is 0 Å². The summed E-state index contributed by atoms with van der Waals surface area (Å²) in [6, 6.07) is 8.09. The normalized spacial score (nSPS) is 19.0. The van der Waals surface area contributed by atoms with Gasteiger partial charge in [-0.05, 0) is 24.5 Å². The molecule has 4 rings (SSSR count). The minimum atomic E-state index is -0.0184. The molecule has 0 saturated heterocycles. The number of fused-ring (bicyclic) bond motifs is 3. The number of amidine groups is 1. The summed E-state index contributed by atoms with van der Waals surface area (Å²) in [5.41, 5.74) is 1.83. The van der Waals surface area contributed by atoms with E-state index in [1.807, 2.05) is 24.3 Å². The molecule has 1 atom stereocenters. The second-order valence-electron chi connectivity index (χ2n) is 7.10. The van der Waals surface area contributed by atoms with Gasteiger partial charge in [0.1, 0.15) is 11.5 Å². The maximum Gasteiger partial charge on any atom is 0.331 e. The lowest BCUT2D eigenvalue weighted by Gasteiger charge is -2.32. The SMILES string of the molecule is CCCN1C(=O)N2C[C@H](C(C)C)N=C2c2[nH]c(-c3ccc(Br)cc3)nc21. The Hall–Kier alpha value is -2.15. The molecule has 6 nitrogen and oxygen atoms in total. The first-order valence-corrected chi connectivity index (χ1v) is 9.82. The highest BCUT2D eigenvalue weighted by Crippen LogP contribution is 2.34. The number of hydrogen-bond donors (Lipinski definition) is 1. The fourth-order valence-electron chi connectivity index (χ4n) is 3.39. The predicted molar refractivity (Wildman–Crippen MR) is 107 cm³/mol. The van der Waals surface area contributed by atoms with Crippen LogP contribution in [0.4, 0.5) is 10.6 Å². The summed E-state index contributed by atoms with van der Waals surface area (Å²) in [4.78, 5) is 29.6. The first kappa shape index (κ1) is 17.3. The van der Waals surface area contributed by atoms with Gasteiger partial charge in [-0.15, -0.1) is 0 Å². The Kier molecular flexibility index (Phi) is 4.34. The lowest BCUT2D eigenvalue weighted by molar-refractivity contribution is 0.225. The maximum absolute atomic E-state index is 13.0. The first-order valence-electron chi connectivity index (χ1n) is 9.02. The minimum absolute atomic E-state index is 0.0184. The van der Waals surface area contributed by atoms with E-state index in [-0.39, 0.29) is 12.1 Å². The molecule has 0 spiro atoms. The number of rotatable bonds is 4. The number of aromatic amines is 1. The van der Waals surface area contributed by atoms with E-state index in [0.717, 1.165) is 33.8 Å². The number of imidazole rings is 1. The Morgan fingerprint density at radius 2 is 2.04 bits per heavy atom. The largest absolute Gasteiger partial charge is 0.334 e. The van der Waals surface area contributed by atoms with Crippen LogP contribution in [0.25, 0.3) is 11.4 Å². The molecule has 2 amide bonds. The zero-order valence-electron chi connectivity index (χ0n) is 15.2. The summed E-state index contributed by atoms with van der Waals surface area (Å²) in [7, 11) is 0. The van der Waals surface area contributed by atoms with Crippen LogP contribution >= 0.6 is 15.9 Å². The quantitative estimate of drug-likeness (QED) is 0.809. The van der Waals surface area contributed by atoms with Crippen molar-refractivity contribution in [2.45, 2.75) is 33.2 Å². The number of hydrogen-bond acceptors (Lipinski definition) is 3. The average molecular weight is 416 g/mol. The van der Waals surface area contributed by atoms with Crippen molar-refractivity contribution < 1.29 is 4.79 Å². The summed E-state index contributed by atoms with van der Waals surface area (Å²) in [6.45, 7) is 7.63. The number of carbonyl (C=O) groups excluding carboxylic acids is 1. The van der Waals surface area contributed by atoms with Gasteiger partial charge in [0, 0.05) is 16.6 Å². The number of nitrogens with one attached hydrogen (secondary N) is 1. The highest BCUT2D eigenvalue weighted by molar-refractivity contribution is 9.10. The van der Waals surface area contributed by atoms with Crippen LogP contribution in [0.2, 0.25) is 0 Å². The van der Waals surface area contributed by atoms with Gasteiger partial charge >= 0.3 is 6.03 Å². The van der Waals surface area contributed by atoms with Crippen LogP contribution in [0.1, 0.15) is 32.9 Å². The van der Waals surface area contributed by atoms with Gasteiger partial charge in [0.15, 0.2) is 11.7 Å². The van der Waals surface area contributed by atoms with Crippen molar-refractivity contribution in [2.24, 2.45) is 10.9 Å². The molecule has 1 aromatic heterocycles. The molecule has 0 unspecified atom stereocenters. The summed E-state index contributed by atoms with van der Waals surface area (Å²) >= 11 is 3.46. The number of nitrogens with zero attached hydrogens (tertiary/aromatic N) is 4. The van der Waals surface area contributed by atoms with Crippen molar-refractivity contribution in [1.29, 1.82) is 0 Å². The van der Waals surface area contributed by atoms with E-state index < -0.39 is 0 Å². The number of aromatic nitrogens is 2. The lowest BCUT2D eigenvalue weighted by atomic mass is 10.1.